The molecular formula is C20H15F3N4O5. The number of benzene rings is 2. The second kappa shape index (κ2) is 9.69. The Morgan fingerprint density at radius 1 is 1.16 bits per heavy atom. The molecule has 0 aliphatic rings. The monoisotopic (exact) mass is 448 g/mol. The predicted molar refractivity (Wildman–Crippen MR) is 101 cm³/mol. The molecule has 32 heavy (non-hydrogen) atoms. The van der Waals surface area contributed by atoms with Gasteiger partial charge in [-0.3, -0.25) is 0 Å². The number of carbonyl (C=O) groups is 1. The molecule has 0 amide bonds. The molecule has 1 heterocycles. The molecular weight excluding hydrogens is 433 g/mol. The van der Waals surface area contributed by atoms with Crippen LogP contribution in [-0.4, -0.2) is 34.3 Å². The third-order valence-electron chi connectivity index (χ3n) is 3.84. The fourth-order valence-corrected chi connectivity index (χ4v) is 2.46. The largest absolute Gasteiger partial charge is 0.573 e. The van der Waals surface area contributed by atoms with Crippen LogP contribution in [-0.2, 0) is 11.3 Å². The van der Waals surface area contributed by atoms with Crippen LogP contribution in [0.4, 0.5) is 13.2 Å². The van der Waals surface area contributed by atoms with Crippen LogP contribution >= 0.6 is 0 Å². The molecule has 1 N–H and O–H groups in total. The highest BCUT2D eigenvalue weighted by molar-refractivity contribution is 5.89. The van der Waals surface area contributed by atoms with E-state index in [-0.39, 0.29) is 47.6 Å². The van der Waals surface area contributed by atoms with Crippen molar-refractivity contribution in [2.45, 2.75) is 19.9 Å². The summed E-state index contributed by atoms with van der Waals surface area (Å²) in [6.45, 7) is 1.75. The fraction of sp³-hybridized carbons (Fsp3) is 0.200. The third-order valence-corrected chi connectivity index (χ3v) is 3.84. The summed E-state index contributed by atoms with van der Waals surface area (Å²) in [5, 5.41) is 18.9. The van der Waals surface area contributed by atoms with Crippen LogP contribution in [0.15, 0.2) is 42.5 Å². The molecule has 0 bridgehead atoms. The molecule has 166 valence electrons. The van der Waals surface area contributed by atoms with Gasteiger partial charge in [-0.25, -0.2) is 9.89 Å². The Balaban J connectivity index is 1.72. The first-order valence-electron chi connectivity index (χ1n) is 9.06. The number of alkyl halides is 3. The topological polar surface area (TPSA) is 119 Å². The highest BCUT2D eigenvalue weighted by Crippen LogP contribution is 2.29. The highest BCUT2D eigenvalue weighted by Gasteiger charge is 2.31. The number of ether oxygens (including phenoxy) is 4. The minimum atomic E-state index is -4.78. The first-order chi connectivity index (χ1) is 15.3. The van der Waals surface area contributed by atoms with Gasteiger partial charge in [0, 0.05) is 6.07 Å². The number of H-pyrrole nitrogens is 1. The van der Waals surface area contributed by atoms with Gasteiger partial charge in [-0.15, -0.1) is 13.2 Å². The van der Waals surface area contributed by atoms with Crippen LogP contribution < -0.4 is 14.2 Å². The number of nitrogens with one attached hydrogen (secondary N) is 1. The van der Waals surface area contributed by atoms with E-state index in [1.807, 2.05) is 6.07 Å². The number of nitrogens with zero attached hydrogens (tertiary/aromatic N) is 3. The zero-order valence-electron chi connectivity index (χ0n) is 16.5. The average Bonchev–Trinajstić information content (AvgIpc) is 3.21. The van der Waals surface area contributed by atoms with Crippen molar-refractivity contribution >= 4 is 5.97 Å². The summed E-state index contributed by atoms with van der Waals surface area (Å²) in [5.74, 6) is -0.830. The van der Waals surface area contributed by atoms with Crippen molar-refractivity contribution in [2.75, 3.05) is 6.61 Å². The third kappa shape index (κ3) is 5.88. The predicted octanol–water partition coefficient (Wildman–Crippen LogP) is 4.12. The summed E-state index contributed by atoms with van der Waals surface area (Å²) in [4.78, 5) is 11.9. The maximum absolute atomic E-state index is 12.3. The molecule has 0 saturated heterocycles. The Morgan fingerprint density at radius 2 is 1.88 bits per heavy atom. The summed E-state index contributed by atoms with van der Waals surface area (Å²) in [7, 11) is 0. The number of aromatic nitrogens is 3. The van der Waals surface area contributed by atoms with E-state index in [9.17, 15) is 23.2 Å². The molecule has 0 fully saturated rings. The molecule has 0 saturated carbocycles. The molecule has 9 nitrogen and oxygen atoms in total. The van der Waals surface area contributed by atoms with E-state index in [0.29, 0.717) is 5.56 Å². The van der Waals surface area contributed by atoms with Gasteiger partial charge in [0.2, 0.25) is 5.69 Å². The number of esters is 1. The minimum Gasteiger partial charge on any atom is -0.487 e. The maximum Gasteiger partial charge on any atom is 0.573 e. The molecule has 12 heteroatoms. The van der Waals surface area contributed by atoms with Gasteiger partial charge in [-0.05, 0) is 36.8 Å². The van der Waals surface area contributed by atoms with Gasteiger partial charge in [-0.1, -0.05) is 22.4 Å². The first kappa shape index (κ1) is 22.4. The summed E-state index contributed by atoms with van der Waals surface area (Å²) in [5.41, 5.74) is 0.649. The molecule has 2 aromatic carbocycles. The molecule has 0 unspecified atom stereocenters. The maximum atomic E-state index is 12.3. The summed E-state index contributed by atoms with van der Waals surface area (Å²) < 4.78 is 56.6. The second-order valence-corrected chi connectivity index (χ2v) is 6.06. The standard InChI is InChI=1S/C20H15F3N4O5/c1-2-29-19(28)17-18(26-27-25-17)31-15-8-5-13(10-24)16(9-15)30-11-12-3-6-14(7-4-12)32-20(21,22)23/h3-9H,2,11H2,1H3,(H,25,26,27). The molecule has 3 rings (SSSR count). The van der Waals surface area contributed by atoms with Crippen molar-refractivity contribution in [1.29, 1.82) is 5.26 Å². The lowest BCUT2D eigenvalue weighted by Gasteiger charge is -2.11. The molecule has 0 radical (unpaired) electrons. The van der Waals surface area contributed by atoms with Crippen LogP contribution in [0.2, 0.25) is 0 Å². The Labute approximate surface area is 179 Å². The van der Waals surface area contributed by atoms with Gasteiger partial charge < -0.3 is 18.9 Å². The molecule has 0 atom stereocenters. The van der Waals surface area contributed by atoms with Crippen molar-refractivity contribution in [3.8, 4) is 29.2 Å². The lowest BCUT2D eigenvalue weighted by Crippen LogP contribution is -2.17. The quantitative estimate of drug-likeness (QED) is 0.511. The zero-order chi connectivity index (χ0) is 23.1. The van der Waals surface area contributed by atoms with Crippen LogP contribution in [0.1, 0.15) is 28.5 Å². The molecule has 0 aliphatic heterocycles. The van der Waals surface area contributed by atoms with Gasteiger partial charge in [0.25, 0.3) is 5.88 Å². The van der Waals surface area contributed by atoms with Crippen LogP contribution in [0.5, 0.6) is 23.1 Å². The number of aromatic amines is 1. The van der Waals surface area contributed by atoms with Crippen LogP contribution in [0, 0.1) is 11.3 Å². The second-order valence-electron chi connectivity index (χ2n) is 6.06. The Hall–Kier alpha value is -4.27. The lowest BCUT2D eigenvalue weighted by molar-refractivity contribution is -0.274. The van der Waals surface area contributed by atoms with Gasteiger partial charge >= 0.3 is 12.3 Å². The van der Waals surface area contributed by atoms with Crippen molar-refractivity contribution in [3.05, 3.63) is 59.3 Å². The van der Waals surface area contributed by atoms with E-state index in [1.54, 1.807) is 6.92 Å². The Bertz CT molecular complexity index is 1120. The number of rotatable bonds is 8. The van der Waals surface area contributed by atoms with Gasteiger partial charge in [0.1, 0.15) is 29.9 Å². The normalized spacial score (nSPS) is 10.8. The van der Waals surface area contributed by atoms with Gasteiger partial charge in [0.15, 0.2) is 0 Å². The lowest BCUT2D eigenvalue weighted by atomic mass is 10.2. The van der Waals surface area contributed by atoms with E-state index in [0.717, 1.165) is 12.1 Å². The van der Waals surface area contributed by atoms with Crippen molar-refractivity contribution in [1.82, 2.24) is 15.4 Å². The van der Waals surface area contributed by atoms with Crippen molar-refractivity contribution in [2.24, 2.45) is 0 Å². The number of carbonyl (C=O) groups excluding carboxylic acids is 1. The Morgan fingerprint density at radius 3 is 2.53 bits per heavy atom. The smallest absolute Gasteiger partial charge is 0.487 e. The zero-order valence-corrected chi connectivity index (χ0v) is 16.5. The molecule has 3 aromatic rings. The number of hydrogen-bond acceptors (Lipinski definition) is 8. The van der Waals surface area contributed by atoms with E-state index < -0.39 is 12.3 Å². The SMILES string of the molecule is CCOC(=O)c1[nH]nnc1Oc1ccc(C#N)c(OCc2ccc(OC(F)(F)F)cc2)c1. The summed E-state index contributed by atoms with van der Waals surface area (Å²) >= 11 is 0. The molecule has 1 aromatic heterocycles. The number of nitriles is 1. The average molecular weight is 448 g/mol. The molecule has 0 spiro atoms. The van der Waals surface area contributed by atoms with Crippen molar-refractivity contribution in [3.63, 3.8) is 0 Å². The highest BCUT2D eigenvalue weighted by atomic mass is 19.4. The first-order valence-corrected chi connectivity index (χ1v) is 9.06. The van der Waals surface area contributed by atoms with Crippen LogP contribution in [0.25, 0.3) is 0 Å². The summed E-state index contributed by atoms with van der Waals surface area (Å²) in [6, 6.07) is 11.4. The van der Waals surface area contributed by atoms with Crippen LogP contribution in [0.3, 0.4) is 0 Å². The van der Waals surface area contributed by atoms with E-state index in [2.05, 4.69) is 20.1 Å². The van der Waals surface area contributed by atoms with Gasteiger partial charge in [-0.2, -0.15) is 5.26 Å². The Kier molecular flexibility index (Phi) is 6.79. The van der Waals surface area contributed by atoms with E-state index >= 15 is 0 Å². The molecule has 0 aliphatic carbocycles. The fourth-order valence-electron chi connectivity index (χ4n) is 2.46. The minimum absolute atomic E-state index is 0.0392. The number of halogens is 3. The van der Waals surface area contributed by atoms with Crippen molar-refractivity contribution < 1.29 is 36.9 Å². The summed E-state index contributed by atoms with van der Waals surface area (Å²) in [6.07, 6.45) is -4.78. The van der Waals surface area contributed by atoms with E-state index in [4.69, 9.17) is 14.2 Å². The number of hydrogen-bond donors (Lipinski definition) is 1. The van der Waals surface area contributed by atoms with E-state index in [1.165, 1.54) is 30.3 Å². The van der Waals surface area contributed by atoms with Gasteiger partial charge in [0.05, 0.1) is 12.2 Å².